The predicted molar refractivity (Wildman–Crippen MR) is 184 cm³/mol. The van der Waals surface area contributed by atoms with E-state index in [1.165, 1.54) is 34.6 Å². The molecule has 5 N–H and O–H groups in total. The van der Waals surface area contributed by atoms with Crippen LogP contribution >= 0.6 is 0 Å². The maximum absolute atomic E-state index is 14.9. The summed E-state index contributed by atoms with van der Waals surface area (Å²) in [4.78, 5) is 0.128. The molecule has 11 nitrogen and oxygen atoms in total. The van der Waals surface area contributed by atoms with Crippen LogP contribution in [0.5, 0.6) is 5.75 Å². The quantitative estimate of drug-likeness (QED) is 0.205. The molecule has 0 radical (unpaired) electrons. The van der Waals surface area contributed by atoms with Gasteiger partial charge in [-0.2, -0.15) is 4.31 Å². The topological polar surface area (TPSA) is 168 Å². The molecule has 0 amide bonds. The highest BCUT2D eigenvalue weighted by atomic mass is 32.2. The number of benzene rings is 3. The van der Waals surface area contributed by atoms with Crippen LogP contribution in [0.1, 0.15) is 50.5 Å². The van der Waals surface area contributed by atoms with E-state index in [0.29, 0.717) is 50.0 Å². The van der Waals surface area contributed by atoms with E-state index in [1.807, 2.05) is 12.1 Å². The molecule has 0 bridgehead atoms. The molecule has 2 aliphatic heterocycles. The summed E-state index contributed by atoms with van der Waals surface area (Å²) >= 11 is 0. The van der Waals surface area contributed by atoms with Gasteiger partial charge in [0.15, 0.2) is 9.84 Å². The third-order valence-corrected chi connectivity index (χ3v) is 15.3. The molecule has 2 saturated carbocycles. The van der Waals surface area contributed by atoms with Gasteiger partial charge >= 0.3 is 0 Å². The second kappa shape index (κ2) is 13.2. The second-order valence-corrected chi connectivity index (χ2v) is 18.6. The predicted octanol–water partition coefficient (Wildman–Crippen LogP) is 3.08. The Balaban J connectivity index is 0.897. The smallest absolute Gasteiger partial charge is 0.243 e. The van der Waals surface area contributed by atoms with Crippen molar-refractivity contribution in [3.8, 4) is 16.9 Å². The van der Waals surface area contributed by atoms with Gasteiger partial charge in [-0.15, -0.1) is 0 Å². The van der Waals surface area contributed by atoms with Crippen molar-refractivity contribution < 1.29 is 40.9 Å². The van der Waals surface area contributed by atoms with Crippen LogP contribution in [0.25, 0.3) is 11.1 Å². The van der Waals surface area contributed by atoms with Crippen molar-refractivity contribution >= 4 is 19.9 Å². The highest BCUT2D eigenvalue weighted by molar-refractivity contribution is 7.93. The summed E-state index contributed by atoms with van der Waals surface area (Å²) in [6, 6.07) is 17.3. The minimum Gasteiger partial charge on any atom is -0.491 e. The number of hydrogen-bond acceptors (Lipinski definition) is 10. The number of sulfone groups is 1. The minimum atomic E-state index is -3.87. The molecule has 3 aromatic carbocycles. The molecule has 3 aromatic rings. The first-order valence-corrected chi connectivity index (χ1v) is 20.0. The molecule has 2 heterocycles. The average Bonchev–Trinajstić information content (AvgIpc) is 4.05. The summed E-state index contributed by atoms with van der Waals surface area (Å²) in [5.74, 6) is -0.184. The Bertz CT molecular complexity index is 1940. The lowest BCUT2D eigenvalue weighted by atomic mass is 9.88. The summed E-state index contributed by atoms with van der Waals surface area (Å²) in [5.41, 5.74) is 7.29. The van der Waals surface area contributed by atoms with Crippen molar-refractivity contribution in [2.75, 3.05) is 39.5 Å². The van der Waals surface area contributed by atoms with Crippen LogP contribution in [-0.4, -0.2) is 93.3 Å². The molecule has 2 atom stereocenters. The fraction of sp³-hybridized carbons (Fsp3) is 0.500. The van der Waals surface area contributed by atoms with E-state index in [1.54, 1.807) is 24.3 Å². The highest BCUT2D eigenvalue weighted by Gasteiger charge is 2.54. The van der Waals surface area contributed by atoms with Crippen LogP contribution in [0.4, 0.5) is 4.39 Å². The van der Waals surface area contributed by atoms with Crippen LogP contribution < -0.4 is 15.8 Å². The molecule has 50 heavy (non-hydrogen) atoms. The molecule has 1 unspecified atom stereocenters. The standard InChI is InChI=1S/C36H44FN3O8S2/c37-33-9-8-31(19-32(33)25-4-6-26(7-5-25)36(38)12-13-36)50(45,46)40-16-14-34(15-17-40)20-27(22-48-34)39-21-28(42)23-47-29-2-1-3-30(18-29)49(43,44)35(24-41)10-11-35/h1-9,18-19,27-28,39,41-42H,10-17,20-24,38H2/t27-,28?/m1/s1. The Morgan fingerprint density at radius 2 is 1.68 bits per heavy atom. The normalized spacial score (nSPS) is 23.1. The SMILES string of the molecule is NC1(c2ccc(-c3cc(S(=O)(=O)N4CCC5(CC4)C[C@@H](NCC(O)COc4cccc(S(=O)(=O)C6(CO)CC6)c4)CO5)ccc3F)cc2)CC1. The van der Waals surface area contributed by atoms with Crippen molar-refractivity contribution in [1.82, 2.24) is 9.62 Å². The fourth-order valence-electron chi connectivity index (χ4n) is 7.08. The molecule has 14 heteroatoms. The van der Waals surface area contributed by atoms with Crippen LogP contribution in [0.15, 0.2) is 76.5 Å². The number of ether oxygens (including phenoxy) is 2. The van der Waals surface area contributed by atoms with Crippen molar-refractivity contribution in [1.29, 1.82) is 0 Å². The zero-order valence-electron chi connectivity index (χ0n) is 27.8. The third kappa shape index (κ3) is 6.84. The van der Waals surface area contributed by atoms with E-state index in [9.17, 15) is 31.4 Å². The van der Waals surface area contributed by atoms with Crippen LogP contribution in [-0.2, 0) is 30.1 Å². The number of sulfonamides is 1. The number of halogens is 1. The van der Waals surface area contributed by atoms with Crippen molar-refractivity contribution in [2.45, 2.75) is 82.8 Å². The zero-order valence-corrected chi connectivity index (χ0v) is 29.4. The Kier molecular flexibility index (Phi) is 9.38. The average molecular weight is 730 g/mol. The third-order valence-electron chi connectivity index (χ3n) is 10.8. The number of nitrogens with one attached hydrogen (secondary N) is 1. The van der Waals surface area contributed by atoms with Gasteiger partial charge in [0.1, 0.15) is 24.3 Å². The van der Waals surface area contributed by atoms with E-state index >= 15 is 0 Å². The van der Waals surface area contributed by atoms with E-state index in [-0.39, 0.29) is 53.2 Å². The maximum Gasteiger partial charge on any atom is 0.243 e. The van der Waals surface area contributed by atoms with Crippen molar-refractivity contribution in [3.63, 3.8) is 0 Å². The Hall–Kier alpha value is -2.95. The molecule has 270 valence electrons. The first-order chi connectivity index (χ1) is 23.8. The van der Waals surface area contributed by atoms with Crippen molar-refractivity contribution in [3.05, 3.63) is 78.1 Å². The van der Waals surface area contributed by atoms with Gasteiger partial charge in [0.05, 0.1) is 33.4 Å². The Morgan fingerprint density at radius 3 is 2.34 bits per heavy atom. The number of hydrogen-bond donors (Lipinski definition) is 4. The highest BCUT2D eigenvalue weighted by Crippen LogP contribution is 2.47. The van der Waals surface area contributed by atoms with Gasteiger partial charge < -0.3 is 30.7 Å². The molecule has 0 aromatic heterocycles. The van der Waals surface area contributed by atoms with Crippen LogP contribution in [0, 0.1) is 5.82 Å². The molecule has 7 rings (SSSR count). The fourth-order valence-corrected chi connectivity index (χ4v) is 10.4. The summed E-state index contributed by atoms with van der Waals surface area (Å²) in [6.07, 6.45) is 3.46. The van der Waals surface area contributed by atoms with Crippen LogP contribution in [0.3, 0.4) is 0 Å². The Morgan fingerprint density at radius 1 is 0.960 bits per heavy atom. The molecular formula is C36H44FN3O8S2. The molecular weight excluding hydrogens is 686 g/mol. The van der Waals surface area contributed by atoms with Gasteiger partial charge in [0, 0.05) is 36.8 Å². The largest absolute Gasteiger partial charge is 0.491 e. The number of aliphatic hydroxyl groups is 2. The van der Waals surface area contributed by atoms with Gasteiger partial charge in [-0.1, -0.05) is 30.3 Å². The number of aliphatic hydroxyl groups excluding tert-OH is 2. The molecule has 4 fully saturated rings. The minimum absolute atomic E-state index is 0.0415. The molecule has 2 saturated heterocycles. The number of nitrogens with zero attached hydrogens (tertiary/aromatic N) is 1. The van der Waals surface area contributed by atoms with Gasteiger partial charge in [-0.25, -0.2) is 21.2 Å². The lowest BCUT2D eigenvalue weighted by Crippen LogP contribution is -2.47. The zero-order chi connectivity index (χ0) is 35.4. The lowest BCUT2D eigenvalue weighted by Gasteiger charge is -2.38. The van der Waals surface area contributed by atoms with E-state index in [0.717, 1.165) is 18.4 Å². The first-order valence-electron chi connectivity index (χ1n) is 17.1. The Labute approximate surface area is 292 Å². The maximum atomic E-state index is 14.9. The second-order valence-electron chi connectivity index (χ2n) is 14.4. The van der Waals surface area contributed by atoms with Gasteiger partial charge in [-0.05, 0) is 92.5 Å². The number of piperidine rings is 1. The van der Waals surface area contributed by atoms with Gasteiger partial charge in [-0.3, -0.25) is 0 Å². The van der Waals surface area contributed by atoms with Gasteiger partial charge in [0.2, 0.25) is 10.0 Å². The van der Waals surface area contributed by atoms with Crippen LogP contribution in [0.2, 0.25) is 0 Å². The van der Waals surface area contributed by atoms with E-state index in [4.69, 9.17) is 15.2 Å². The number of nitrogens with two attached hydrogens (primary N) is 1. The van der Waals surface area contributed by atoms with Crippen molar-refractivity contribution in [2.24, 2.45) is 5.73 Å². The summed E-state index contributed by atoms with van der Waals surface area (Å²) < 4.78 is 80.3. The van der Waals surface area contributed by atoms with Gasteiger partial charge in [0.25, 0.3) is 0 Å². The molecule has 2 aliphatic carbocycles. The van der Waals surface area contributed by atoms with E-state index in [2.05, 4.69) is 5.32 Å². The summed E-state index contributed by atoms with van der Waals surface area (Å²) in [6.45, 7) is 0.687. The summed E-state index contributed by atoms with van der Waals surface area (Å²) in [5, 5.41) is 23.5. The molecule has 1 spiro atoms. The molecule has 4 aliphatic rings. The first kappa shape index (κ1) is 35.5. The summed E-state index contributed by atoms with van der Waals surface area (Å²) in [7, 11) is -7.56. The monoisotopic (exact) mass is 729 g/mol. The lowest BCUT2D eigenvalue weighted by molar-refractivity contribution is -0.0312. The van der Waals surface area contributed by atoms with E-state index < -0.39 is 48.7 Å². The number of rotatable bonds is 13.